The number of rotatable bonds is 5. The normalized spacial score (nSPS) is 18.4. The fourth-order valence-electron chi connectivity index (χ4n) is 2.56. The van der Waals surface area contributed by atoms with Crippen LogP contribution in [0.3, 0.4) is 0 Å². The number of anilines is 1. The van der Waals surface area contributed by atoms with Gasteiger partial charge >= 0.3 is 0 Å². The van der Waals surface area contributed by atoms with E-state index in [1.807, 2.05) is 49.4 Å². The van der Waals surface area contributed by atoms with Crippen LogP contribution < -0.4 is 10.1 Å². The minimum Gasteiger partial charge on any atom is -0.494 e. The Morgan fingerprint density at radius 1 is 1.26 bits per heavy atom. The molecule has 1 aliphatic rings. The summed E-state index contributed by atoms with van der Waals surface area (Å²) in [6.07, 6.45) is 0.131. The molecule has 0 saturated carbocycles. The van der Waals surface area contributed by atoms with Gasteiger partial charge in [0, 0.05) is 25.2 Å². The molecule has 1 atom stereocenters. The quantitative estimate of drug-likeness (QED) is 0.855. The second-order valence-electron chi connectivity index (χ2n) is 5.94. The molecule has 0 aromatic heterocycles. The zero-order chi connectivity index (χ0) is 19.2. The first-order valence-corrected chi connectivity index (χ1v) is 9.55. The average Bonchev–Trinajstić information content (AvgIpc) is 2.66. The summed E-state index contributed by atoms with van der Waals surface area (Å²) >= 11 is 1.29. The second kappa shape index (κ2) is 8.73. The van der Waals surface area contributed by atoms with Crippen LogP contribution in [-0.4, -0.2) is 40.8 Å². The summed E-state index contributed by atoms with van der Waals surface area (Å²) in [7, 11) is 1.68. The van der Waals surface area contributed by atoms with Crippen LogP contribution in [0.2, 0.25) is 0 Å². The number of hydrogen-bond acceptors (Lipinski definition) is 5. The second-order valence-corrected chi connectivity index (χ2v) is 7.11. The smallest absolute Gasteiger partial charge is 0.238 e. The summed E-state index contributed by atoms with van der Waals surface area (Å²) < 4.78 is 5.45. The van der Waals surface area contributed by atoms with Crippen LogP contribution >= 0.6 is 11.8 Å². The Kier molecular flexibility index (Phi) is 6.13. The Morgan fingerprint density at radius 2 is 2.04 bits per heavy atom. The average molecular weight is 383 g/mol. The number of hydrogen-bond donors (Lipinski definition) is 1. The lowest BCUT2D eigenvalue weighted by Crippen LogP contribution is -2.43. The van der Waals surface area contributed by atoms with Gasteiger partial charge in [0.1, 0.15) is 11.0 Å². The molecule has 2 amide bonds. The summed E-state index contributed by atoms with van der Waals surface area (Å²) in [5.41, 5.74) is 1.38. The first-order chi connectivity index (χ1) is 13.1. The van der Waals surface area contributed by atoms with Crippen molar-refractivity contribution in [2.45, 2.75) is 18.6 Å². The van der Waals surface area contributed by atoms with Crippen LogP contribution in [0.5, 0.6) is 5.75 Å². The topological polar surface area (TPSA) is 71.0 Å². The molecule has 6 nitrogen and oxygen atoms in total. The Balaban J connectivity index is 1.74. The van der Waals surface area contributed by atoms with Crippen molar-refractivity contribution in [1.29, 1.82) is 0 Å². The third-order valence-electron chi connectivity index (χ3n) is 3.95. The molecule has 7 heteroatoms. The Bertz CT molecular complexity index is 855. The monoisotopic (exact) mass is 383 g/mol. The Labute approximate surface area is 162 Å². The number of amidine groups is 1. The van der Waals surface area contributed by atoms with Crippen LogP contribution in [0.4, 0.5) is 11.4 Å². The third-order valence-corrected chi connectivity index (χ3v) is 5.20. The van der Waals surface area contributed by atoms with Crippen molar-refractivity contribution in [3.8, 4) is 5.75 Å². The number of carbonyl (C=O) groups is 2. The number of aliphatic imine (C=N–C) groups is 1. The van der Waals surface area contributed by atoms with Crippen molar-refractivity contribution in [1.82, 2.24) is 4.90 Å². The van der Waals surface area contributed by atoms with Gasteiger partial charge in [-0.25, -0.2) is 4.99 Å². The summed E-state index contributed by atoms with van der Waals surface area (Å²) in [4.78, 5) is 31.0. The van der Waals surface area contributed by atoms with E-state index in [1.165, 1.54) is 16.7 Å². The molecule has 0 spiro atoms. The Morgan fingerprint density at radius 3 is 2.78 bits per heavy atom. The van der Waals surface area contributed by atoms with Gasteiger partial charge in [-0.1, -0.05) is 36.0 Å². The van der Waals surface area contributed by atoms with Crippen LogP contribution in [-0.2, 0) is 9.59 Å². The van der Waals surface area contributed by atoms with E-state index in [4.69, 9.17) is 4.74 Å². The molecule has 1 saturated heterocycles. The lowest BCUT2D eigenvalue weighted by Gasteiger charge is -2.28. The van der Waals surface area contributed by atoms with Crippen LogP contribution in [0.1, 0.15) is 13.3 Å². The van der Waals surface area contributed by atoms with E-state index in [0.29, 0.717) is 23.2 Å². The molecule has 1 aliphatic heterocycles. The number of benzene rings is 2. The van der Waals surface area contributed by atoms with Crippen molar-refractivity contribution < 1.29 is 14.3 Å². The van der Waals surface area contributed by atoms with Gasteiger partial charge in [-0.05, 0) is 31.2 Å². The summed E-state index contributed by atoms with van der Waals surface area (Å²) in [6.45, 7) is 2.45. The SMILES string of the molecule is CCOc1cccc(NC(=O)[C@H]2CC(=O)N(C)C(=Nc3ccccc3)S2)c1. The number of nitrogens with one attached hydrogen (secondary N) is 1. The van der Waals surface area contributed by atoms with Gasteiger partial charge in [-0.15, -0.1) is 0 Å². The molecule has 0 unspecified atom stereocenters. The highest BCUT2D eigenvalue weighted by Gasteiger charge is 2.34. The number of thioether (sulfide) groups is 1. The maximum Gasteiger partial charge on any atom is 0.238 e. The molecule has 1 heterocycles. The molecule has 3 rings (SSSR count). The fraction of sp³-hybridized carbons (Fsp3) is 0.250. The lowest BCUT2D eigenvalue weighted by atomic mass is 10.2. The molecule has 1 fully saturated rings. The van der Waals surface area contributed by atoms with E-state index in [9.17, 15) is 9.59 Å². The predicted molar refractivity (Wildman–Crippen MR) is 109 cm³/mol. The van der Waals surface area contributed by atoms with E-state index >= 15 is 0 Å². The molecular weight excluding hydrogens is 362 g/mol. The maximum atomic E-state index is 12.7. The molecule has 27 heavy (non-hydrogen) atoms. The first-order valence-electron chi connectivity index (χ1n) is 8.67. The summed E-state index contributed by atoms with van der Waals surface area (Å²) in [5.74, 6) is 0.330. The number of ether oxygens (including phenoxy) is 1. The molecule has 0 bridgehead atoms. The van der Waals surface area contributed by atoms with Crippen LogP contribution in [0.25, 0.3) is 0 Å². The maximum absolute atomic E-state index is 12.7. The van der Waals surface area contributed by atoms with Crippen molar-refractivity contribution in [3.05, 3.63) is 54.6 Å². The highest BCUT2D eigenvalue weighted by Crippen LogP contribution is 2.29. The third kappa shape index (κ3) is 4.89. The van der Waals surface area contributed by atoms with Gasteiger partial charge in [0.2, 0.25) is 11.8 Å². The van der Waals surface area contributed by atoms with Crippen molar-refractivity contribution in [2.75, 3.05) is 19.0 Å². The van der Waals surface area contributed by atoms with E-state index < -0.39 is 5.25 Å². The fourth-order valence-corrected chi connectivity index (χ4v) is 3.63. The van der Waals surface area contributed by atoms with Gasteiger partial charge in [0.05, 0.1) is 12.3 Å². The van der Waals surface area contributed by atoms with Crippen molar-refractivity contribution in [3.63, 3.8) is 0 Å². The minimum absolute atomic E-state index is 0.131. The number of amides is 2. The van der Waals surface area contributed by atoms with Crippen LogP contribution in [0.15, 0.2) is 59.6 Å². The van der Waals surface area contributed by atoms with Gasteiger partial charge in [-0.2, -0.15) is 0 Å². The van der Waals surface area contributed by atoms with Crippen molar-refractivity contribution in [2.24, 2.45) is 4.99 Å². The molecule has 1 N–H and O–H groups in total. The predicted octanol–water partition coefficient (Wildman–Crippen LogP) is 3.68. The van der Waals surface area contributed by atoms with Crippen LogP contribution in [0, 0.1) is 0 Å². The zero-order valence-corrected chi connectivity index (χ0v) is 16.0. The standard InChI is InChI=1S/C20H21N3O3S/c1-3-26-16-11-7-10-15(12-16)21-19(25)17-13-18(24)23(2)20(27-17)22-14-8-5-4-6-9-14/h4-12,17H,3,13H2,1-2H3,(H,21,25)/t17-/m1/s1. The molecule has 2 aromatic carbocycles. The van der Waals surface area contributed by atoms with E-state index in [1.54, 1.807) is 19.2 Å². The summed E-state index contributed by atoms with van der Waals surface area (Å²) in [6, 6.07) is 16.6. The number of carbonyl (C=O) groups excluding carboxylic acids is 2. The Hall–Kier alpha value is -2.80. The molecule has 0 aliphatic carbocycles. The zero-order valence-electron chi connectivity index (χ0n) is 15.2. The summed E-state index contributed by atoms with van der Waals surface area (Å²) in [5, 5.41) is 2.84. The molecule has 2 aromatic rings. The van der Waals surface area contributed by atoms with E-state index in [-0.39, 0.29) is 18.2 Å². The number of nitrogens with zero attached hydrogens (tertiary/aromatic N) is 2. The lowest BCUT2D eigenvalue weighted by molar-refractivity contribution is -0.128. The number of para-hydroxylation sites is 1. The van der Waals surface area contributed by atoms with Gasteiger partial charge < -0.3 is 10.1 Å². The molecule has 140 valence electrons. The van der Waals surface area contributed by atoms with Gasteiger partial charge in [0.15, 0.2) is 5.17 Å². The molecular formula is C20H21N3O3S. The van der Waals surface area contributed by atoms with Gasteiger partial charge in [-0.3, -0.25) is 14.5 Å². The first kappa shape index (κ1) is 19.0. The highest BCUT2D eigenvalue weighted by molar-refractivity contribution is 8.15. The van der Waals surface area contributed by atoms with E-state index in [2.05, 4.69) is 10.3 Å². The molecule has 0 radical (unpaired) electrons. The van der Waals surface area contributed by atoms with Gasteiger partial charge in [0.25, 0.3) is 0 Å². The highest BCUT2D eigenvalue weighted by atomic mass is 32.2. The van der Waals surface area contributed by atoms with E-state index in [0.717, 1.165) is 5.69 Å². The minimum atomic E-state index is -0.535. The largest absolute Gasteiger partial charge is 0.494 e. The van der Waals surface area contributed by atoms with Crippen molar-refractivity contribution >= 4 is 40.1 Å².